The summed E-state index contributed by atoms with van der Waals surface area (Å²) in [5.41, 5.74) is -0.597. The van der Waals surface area contributed by atoms with Gasteiger partial charge in [0.05, 0.1) is 12.1 Å². The van der Waals surface area contributed by atoms with E-state index < -0.39 is 5.54 Å². The number of rotatable bonds is 2. The van der Waals surface area contributed by atoms with Crippen LogP contribution in [0.5, 0.6) is 0 Å². The number of carbonyl (C=O) groups is 1. The molecule has 0 amide bonds. The first-order chi connectivity index (χ1) is 7.14. The molecule has 0 unspecified atom stereocenters. The quantitative estimate of drug-likeness (QED) is 0.706. The molecule has 1 saturated carbocycles. The Labute approximate surface area is 91.2 Å². The monoisotopic (exact) mass is 225 g/mol. The van der Waals surface area contributed by atoms with Crippen LogP contribution in [0.15, 0.2) is 6.20 Å². The molecule has 0 atom stereocenters. The van der Waals surface area contributed by atoms with Gasteiger partial charge in [-0.25, -0.2) is 4.79 Å². The molecule has 0 spiro atoms. The van der Waals surface area contributed by atoms with Crippen LogP contribution in [0.3, 0.4) is 0 Å². The van der Waals surface area contributed by atoms with Crippen molar-refractivity contribution in [3.8, 4) is 6.07 Å². The van der Waals surface area contributed by atoms with E-state index in [0.29, 0.717) is 12.8 Å². The van der Waals surface area contributed by atoms with Gasteiger partial charge in [-0.05, 0) is 12.8 Å². The van der Waals surface area contributed by atoms with Crippen molar-refractivity contribution in [1.82, 2.24) is 9.78 Å². The van der Waals surface area contributed by atoms with Crippen LogP contribution in [0.4, 0.5) is 0 Å². The Morgan fingerprint density at radius 1 is 1.80 bits per heavy atom. The van der Waals surface area contributed by atoms with Gasteiger partial charge >= 0.3 is 5.97 Å². The lowest BCUT2D eigenvalue weighted by molar-refractivity contribution is -0.146. The molecule has 1 aromatic rings. The molecular formula is C9H8ClN3O2. The Hall–Kier alpha value is -1.54. The summed E-state index contributed by atoms with van der Waals surface area (Å²) in [5.74, 6) is -0.342. The summed E-state index contributed by atoms with van der Waals surface area (Å²) < 4.78 is 6.12. The molecule has 0 radical (unpaired) electrons. The fourth-order valence-electron chi connectivity index (χ4n) is 1.48. The van der Waals surface area contributed by atoms with Crippen LogP contribution in [0.25, 0.3) is 0 Å². The number of nitrogens with zero attached hydrogens (tertiary/aromatic N) is 3. The van der Waals surface area contributed by atoms with Crippen molar-refractivity contribution in [3.63, 3.8) is 0 Å². The molecule has 78 valence electrons. The lowest BCUT2D eigenvalue weighted by Gasteiger charge is -2.12. The van der Waals surface area contributed by atoms with Gasteiger partial charge in [-0.1, -0.05) is 11.6 Å². The van der Waals surface area contributed by atoms with Gasteiger partial charge in [-0.15, -0.1) is 0 Å². The molecule has 0 bridgehead atoms. The van der Waals surface area contributed by atoms with Crippen molar-refractivity contribution in [1.29, 1.82) is 5.26 Å². The highest BCUT2D eigenvalue weighted by Gasteiger charge is 2.54. The summed E-state index contributed by atoms with van der Waals surface area (Å²) in [5, 5.41) is 12.9. The van der Waals surface area contributed by atoms with Crippen LogP contribution in [0.1, 0.15) is 18.5 Å². The zero-order valence-corrected chi connectivity index (χ0v) is 8.78. The van der Waals surface area contributed by atoms with Gasteiger partial charge in [-0.2, -0.15) is 10.4 Å². The smallest absolute Gasteiger partial charge is 0.333 e. The normalized spacial score (nSPS) is 16.9. The van der Waals surface area contributed by atoms with Gasteiger partial charge in [0.25, 0.3) is 0 Å². The number of methoxy groups -OCH3 is 1. The van der Waals surface area contributed by atoms with Gasteiger partial charge in [0.1, 0.15) is 6.07 Å². The summed E-state index contributed by atoms with van der Waals surface area (Å²) in [6.45, 7) is 0. The van der Waals surface area contributed by atoms with Crippen LogP contribution in [-0.4, -0.2) is 22.9 Å². The molecule has 0 aromatic carbocycles. The first-order valence-corrected chi connectivity index (χ1v) is 4.76. The lowest BCUT2D eigenvalue weighted by Crippen LogP contribution is -2.29. The van der Waals surface area contributed by atoms with E-state index in [1.54, 1.807) is 0 Å². The topological polar surface area (TPSA) is 67.9 Å². The molecule has 0 N–H and O–H groups in total. The van der Waals surface area contributed by atoms with Crippen molar-refractivity contribution in [3.05, 3.63) is 16.9 Å². The Kier molecular flexibility index (Phi) is 2.16. The number of esters is 1. The summed E-state index contributed by atoms with van der Waals surface area (Å²) >= 11 is 5.77. The maximum absolute atomic E-state index is 11.5. The van der Waals surface area contributed by atoms with Gasteiger partial charge in [0, 0.05) is 6.20 Å². The van der Waals surface area contributed by atoms with Crippen LogP contribution in [0.2, 0.25) is 5.02 Å². The Balaban J connectivity index is 2.39. The Bertz CT molecular complexity index is 456. The van der Waals surface area contributed by atoms with Crippen molar-refractivity contribution in [2.75, 3.05) is 7.11 Å². The number of aromatic nitrogens is 2. The van der Waals surface area contributed by atoms with Crippen LogP contribution < -0.4 is 0 Å². The molecule has 1 heterocycles. The van der Waals surface area contributed by atoms with Crippen molar-refractivity contribution < 1.29 is 9.53 Å². The highest BCUT2D eigenvalue weighted by Crippen LogP contribution is 2.44. The van der Waals surface area contributed by atoms with Gasteiger partial charge < -0.3 is 4.74 Å². The second-order valence-corrected chi connectivity index (χ2v) is 3.81. The predicted octanol–water partition coefficient (Wildman–Crippen LogP) is 1.07. The average molecular weight is 226 g/mol. The number of carbonyl (C=O) groups excluding carboxylic acids is 1. The fourth-order valence-corrected chi connectivity index (χ4v) is 1.66. The fraction of sp³-hybridized carbons (Fsp3) is 0.444. The van der Waals surface area contributed by atoms with Gasteiger partial charge in [-0.3, -0.25) is 4.68 Å². The van der Waals surface area contributed by atoms with Crippen molar-refractivity contribution >= 4 is 17.6 Å². The molecule has 1 aromatic heterocycles. The van der Waals surface area contributed by atoms with Crippen molar-refractivity contribution in [2.24, 2.45) is 0 Å². The van der Waals surface area contributed by atoms with E-state index in [9.17, 15) is 4.79 Å². The zero-order valence-electron chi connectivity index (χ0n) is 8.03. The standard InChI is InChI=1S/C9H8ClN3O2/c1-15-8(14)9(2-3-9)13-5-6(10)7(4-11)12-13/h5H,2-3H2,1H3. The van der Waals surface area contributed by atoms with E-state index in [2.05, 4.69) is 9.84 Å². The molecular weight excluding hydrogens is 218 g/mol. The number of ether oxygens (including phenoxy) is 1. The number of hydrogen-bond donors (Lipinski definition) is 0. The third-order valence-electron chi connectivity index (χ3n) is 2.50. The molecule has 15 heavy (non-hydrogen) atoms. The van der Waals surface area contributed by atoms with Gasteiger partial charge in [0.15, 0.2) is 11.2 Å². The third kappa shape index (κ3) is 1.38. The number of hydrogen-bond acceptors (Lipinski definition) is 4. The lowest BCUT2D eigenvalue weighted by atomic mass is 10.3. The minimum Gasteiger partial charge on any atom is -0.467 e. The maximum atomic E-state index is 11.5. The van der Waals surface area contributed by atoms with Crippen molar-refractivity contribution in [2.45, 2.75) is 18.4 Å². The predicted molar refractivity (Wildman–Crippen MR) is 51.2 cm³/mol. The van der Waals surface area contributed by atoms with E-state index in [1.165, 1.54) is 18.0 Å². The van der Waals surface area contributed by atoms with E-state index in [1.807, 2.05) is 6.07 Å². The summed E-state index contributed by atoms with van der Waals surface area (Å²) in [6, 6.07) is 1.86. The molecule has 0 saturated heterocycles. The highest BCUT2D eigenvalue weighted by atomic mass is 35.5. The second kappa shape index (κ2) is 3.24. The summed E-state index contributed by atoms with van der Waals surface area (Å²) in [4.78, 5) is 11.5. The minimum atomic E-state index is -0.729. The Morgan fingerprint density at radius 3 is 2.87 bits per heavy atom. The molecule has 6 heteroatoms. The maximum Gasteiger partial charge on any atom is 0.333 e. The molecule has 1 fully saturated rings. The van der Waals surface area contributed by atoms with Crippen LogP contribution in [0, 0.1) is 11.3 Å². The highest BCUT2D eigenvalue weighted by molar-refractivity contribution is 6.31. The van der Waals surface area contributed by atoms with Gasteiger partial charge in [0.2, 0.25) is 0 Å². The number of nitriles is 1. The molecule has 0 aliphatic heterocycles. The SMILES string of the molecule is COC(=O)C1(n2cc(Cl)c(C#N)n2)CC1. The first-order valence-electron chi connectivity index (χ1n) is 4.38. The molecule has 2 rings (SSSR count). The van der Waals surface area contributed by atoms with E-state index in [4.69, 9.17) is 16.9 Å². The summed E-state index contributed by atoms with van der Waals surface area (Å²) in [7, 11) is 1.33. The average Bonchev–Trinajstić information content (AvgIpc) is 2.97. The van der Waals surface area contributed by atoms with E-state index in [-0.39, 0.29) is 16.7 Å². The summed E-state index contributed by atoms with van der Waals surface area (Å²) in [6.07, 6.45) is 2.83. The third-order valence-corrected chi connectivity index (χ3v) is 2.78. The minimum absolute atomic E-state index is 0.131. The first kappa shape index (κ1) is 9.99. The Morgan fingerprint density at radius 2 is 2.47 bits per heavy atom. The molecule has 1 aliphatic carbocycles. The largest absolute Gasteiger partial charge is 0.467 e. The number of halogens is 1. The molecule has 5 nitrogen and oxygen atoms in total. The zero-order chi connectivity index (χ0) is 11.1. The van der Waals surface area contributed by atoms with E-state index in [0.717, 1.165) is 0 Å². The van der Waals surface area contributed by atoms with Crippen LogP contribution in [-0.2, 0) is 15.1 Å². The second-order valence-electron chi connectivity index (χ2n) is 3.41. The van der Waals surface area contributed by atoms with E-state index >= 15 is 0 Å². The molecule has 1 aliphatic rings. The van der Waals surface area contributed by atoms with Crippen LogP contribution >= 0.6 is 11.6 Å².